The van der Waals surface area contributed by atoms with Crippen LogP contribution in [0.4, 0.5) is 4.39 Å². The molecular weight excluding hydrogens is 229 g/mol. The summed E-state index contributed by atoms with van der Waals surface area (Å²) in [7, 11) is 0. The summed E-state index contributed by atoms with van der Waals surface area (Å²) >= 11 is 5.51. The molecule has 1 unspecified atom stereocenters. The second kappa shape index (κ2) is 5.09. The summed E-state index contributed by atoms with van der Waals surface area (Å²) in [5.41, 5.74) is 0.183. The summed E-state index contributed by atoms with van der Waals surface area (Å²) in [6.07, 6.45) is 0. The van der Waals surface area contributed by atoms with E-state index in [-0.39, 0.29) is 22.3 Å². The second-order valence-corrected chi connectivity index (χ2v) is 4.25. The number of carbonyl (C=O) groups is 1. The third-order valence-corrected chi connectivity index (χ3v) is 2.60. The molecule has 0 aromatic heterocycles. The lowest BCUT2D eigenvalue weighted by atomic mass is 9.89. The third-order valence-electron chi connectivity index (χ3n) is 2.29. The van der Waals surface area contributed by atoms with Gasteiger partial charge >= 0.3 is 0 Å². The molecule has 0 spiro atoms. The van der Waals surface area contributed by atoms with Crippen LogP contribution in [0.1, 0.15) is 24.2 Å². The highest BCUT2D eigenvalue weighted by Crippen LogP contribution is 2.20. The first kappa shape index (κ1) is 12.7. The van der Waals surface area contributed by atoms with Crippen molar-refractivity contribution in [1.82, 2.24) is 0 Å². The van der Waals surface area contributed by atoms with Crippen LogP contribution in [0.2, 0.25) is 5.02 Å². The molecule has 0 aliphatic rings. The van der Waals surface area contributed by atoms with Crippen LogP contribution in [0.3, 0.4) is 0 Å². The molecule has 0 aliphatic heterocycles. The minimum absolute atomic E-state index is 0.0328. The summed E-state index contributed by atoms with van der Waals surface area (Å²) in [4.78, 5) is 11.8. The van der Waals surface area contributed by atoms with Crippen molar-refractivity contribution in [2.75, 3.05) is 0 Å². The van der Waals surface area contributed by atoms with E-state index >= 15 is 0 Å². The zero-order valence-corrected chi connectivity index (χ0v) is 9.75. The molecule has 0 aliphatic carbocycles. The maximum absolute atomic E-state index is 13.1. The van der Waals surface area contributed by atoms with Gasteiger partial charge in [0.1, 0.15) is 11.7 Å². The fourth-order valence-corrected chi connectivity index (χ4v) is 1.46. The molecule has 1 aromatic rings. The first-order valence-electron chi connectivity index (χ1n) is 4.86. The Kier molecular flexibility index (Phi) is 4.03. The molecular formula is C12H11ClFNO. The van der Waals surface area contributed by atoms with Crippen LogP contribution >= 0.6 is 11.6 Å². The van der Waals surface area contributed by atoms with Crippen LogP contribution in [-0.2, 0) is 0 Å². The number of halogens is 2. The van der Waals surface area contributed by atoms with E-state index in [0.29, 0.717) is 0 Å². The predicted molar refractivity (Wildman–Crippen MR) is 59.7 cm³/mol. The van der Waals surface area contributed by atoms with E-state index in [0.717, 1.165) is 6.07 Å². The summed E-state index contributed by atoms with van der Waals surface area (Å²) in [5.74, 6) is -1.86. The lowest BCUT2D eigenvalue weighted by Crippen LogP contribution is -2.18. The van der Waals surface area contributed by atoms with Crippen LogP contribution in [0.25, 0.3) is 0 Å². The molecule has 2 nitrogen and oxygen atoms in total. The summed E-state index contributed by atoms with van der Waals surface area (Å²) in [6, 6.07) is 5.75. The minimum atomic E-state index is -0.749. The molecule has 0 saturated heterocycles. The van der Waals surface area contributed by atoms with Gasteiger partial charge in [0.05, 0.1) is 11.1 Å². The van der Waals surface area contributed by atoms with Gasteiger partial charge in [-0.2, -0.15) is 5.26 Å². The fourth-order valence-electron chi connectivity index (χ4n) is 1.34. The van der Waals surface area contributed by atoms with E-state index in [1.165, 1.54) is 12.1 Å². The second-order valence-electron chi connectivity index (χ2n) is 3.84. The first-order valence-corrected chi connectivity index (χ1v) is 5.24. The molecule has 0 saturated carbocycles. The molecule has 0 fully saturated rings. The highest BCUT2D eigenvalue weighted by Gasteiger charge is 2.23. The van der Waals surface area contributed by atoms with Crippen LogP contribution in [-0.4, -0.2) is 5.78 Å². The van der Waals surface area contributed by atoms with E-state index in [2.05, 4.69) is 0 Å². The van der Waals surface area contributed by atoms with Gasteiger partial charge in [-0.15, -0.1) is 0 Å². The van der Waals surface area contributed by atoms with Gasteiger partial charge in [-0.25, -0.2) is 4.39 Å². The highest BCUT2D eigenvalue weighted by molar-refractivity contribution is 6.30. The minimum Gasteiger partial charge on any atom is -0.293 e. The number of nitriles is 1. The molecule has 84 valence electrons. The number of rotatable bonds is 3. The Morgan fingerprint density at radius 3 is 2.56 bits per heavy atom. The normalized spacial score (nSPS) is 12.2. The Morgan fingerprint density at radius 1 is 1.50 bits per heavy atom. The van der Waals surface area contributed by atoms with Crippen molar-refractivity contribution in [3.8, 4) is 6.07 Å². The molecule has 0 amide bonds. The molecule has 4 heteroatoms. The van der Waals surface area contributed by atoms with Crippen molar-refractivity contribution in [2.45, 2.75) is 13.8 Å². The Morgan fingerprint density at radius 2 is 2.12 bits per heavy atom. The SMILES string of the molecule is CC(C)C(C#N)C(=O)c1ccc(Cl)c(F)c1. The van der Waals surface area contributed by atoms with Crippen molar-refractivity contribution in [1.29, 1.82) is 5.26 Å². The molecule has 1 rings (SSSR count). The number of benzene rings is 1. The maximum atomic E-state index is 13.1. The van der Waals surface area contributed by atoms with Crippen molar-refractivity contribution in [2.24, 2.45) is 11.8 Å². The van der Waals surface area contributed by atoms with Crippen LogP contribution in [0.5, 0.6) is 0 Å². The van der Waals surface area contributed by atoms with Crippen molar-refractivity contribution in [3.63, 3.8) is 0 Å². The van der Waals surface area contributed by atoms with Gasteiger partial charge in [-0.05, 0) is 24.1 Å². The molecule has 1 aromatic carbocycles. The Hall–Kier alpha value is -1.40. The summed E-state index contributed by atoms with van der Waals surface area (Å²) in [5, 5.41) is 8.83. The Bertz CT molecular complexity index is 451. The molecule has 16 heavy (non-hydrogen) atoms. The number of hydrogen-bond donors (Lipinski definition) is 0. The first-order chi connectivity index (χ1) is 7.47. The van der Waals surface area contributed by atoms with Crippen LogP contribution in [0, 0.1) is 29.0 Å². The molecule has 0 radical (unpaired) electrons. The third kappa shape index (κ3) is 2.59. The van der Waals surface area contributed by atoms with Crippen molar-refractivity contribution in [3.05, 3.63) is 34.6 Å². The quantitative estimate of drug-likeness (QED) is 0.758. The molecule has 0 bridgehead atoms. The van der Waals surface area contributed by atoms with Gasteiger partial charge in [0.15, 0.2) is 5.78 Å². The van der Waals surface area contributed by atoms with Gasteiger partial charge in [0.2, 0.25) is 0 Å². The van der Waals surface area contributed by atoms with Crippen molar-refractivity contribution >= 4 is 17.4 Å². The van der Waals surface area contributed by atoms with Crippen LogP contribution in [0.15, 0.2) is 18.2 Å². The van der Waals surface area contributed by atoms with Gasteiger partial charge in [0.25, 0.3) is 0 Å². The van der Waals surface area contributed by atoms with Gasteiger partial charge in [0, 0.05) is 5.56 Å². The molecule has 0 N–H and O–H groups in total. The highest BCUT2D eigenvalue weighted by atomic mass is 35.5. The zero-order chi connectivity index (χ0) is 12.3. The van der Waals surface area contributed by atoms with E-state index in [4.69, 9.17) is 16.9 Å². The average molecular weight is 240 g/mol. The van der Waals surface area contributed by atoms with E-state index in [1.54, 1.807) is 13.8 Å². The van der Waals surface area contributed by atoms with Gasteiger partial charge in [-0.3, -0.25) is 4.79 Å². The number of ketones is 1. The number of hydrogen-bond acceptors (Lipinski definition) is 2. The van der Waals surface area contributed by atoms with Gasteiger partial charge < -0.3 is 0 Å². The monoisotopic (exact) mass is 239 g/mol. The Labute approximate surface area is 98.6 Å². The van der Waals surface area contributed by atoms with E-state index in [9.17, 15) is 9.18 Å². The zero-order valence-electron chi connectivity index (χ0n) is 9.00. The smallest absolute Gasteiger partial charge is 0.180 e. The summed E-state index contributed by atoms with van der Waals surface area (Å²) in [6.45, 7) is 3.55. The lowest BCUT2D eigenvalue weighted by Gasteiger charge is -2.11. The number of carbonyl (C=O) groups excluding carboxylic acids is 1. The predicted octanol–water partition coefficient (Wildman–Crippen LogP) is 3.46. The fraction of sp³-hybridized carbons (Fsp3) is 0.333. The topological polar surface area (TPSA) is 40.9 Å². The average Bonchev–Trinajstić information content (AvgIpc) is 2.22. The largest absolute Gasteiger partial charge is 0.293 e. The van der Waals surface area contributed by atoms with E-state index in [1.807, 2.05) is 6.07 Å². The van der Waals surface area contributed by atoms with Gasteiger partial charge in [-0.1, -0.05) is 25.4 Å². The lowest BCUT2D eigenvalue weighted by molar-refractivity contribution is 0.0924. The number of Topliss-reactive ketones (excluding diaryl/α,β-unsaturated/α-hetero) is 1. The van der Waals surface area contributed by atoms with E-state index < -0.39 is 11.7 Å². The van der Waals surface area contributed by atoms with Crippen molar-refractivity contribution < 1.29 is 9.18 Å². The van der Waals surface area contributed by atoms with Crippen LogP contribution < -0.4 is 0 Å². The standard InChI is InChI=1S/C12H11ClFNO/c1-7(2)9(6-15)12(16)8-3-4-10(13)11(14)5-8/h3-5,7,9H,1-2H3. The summed E-state index contributed by atoms with van der Waals surface area (Å²) < 4.78 is 13.1. The molecule has 1 atom stereocenters. The Balaban J connectivity index is 3.06. The number of nitrogens with zero attached hydrogens (tertiary/aromatic N) is 1. The molecule has 0 heterocycles. The maximum Gasteiger partial charge on any atom is 0.180 e.